The van der Waals surface area contributed by atoms with Crippen molar-refractivity contribution in [2.24, 2.45) is 0 Å². The quantitative estimate of drug-likeness (QED) is 0.683. The van der Waals surface area contributed by atoms with Gasteiger partial charge in [-0.25, -0.2) is 9.97 Å². The molecule has 0 spiro atoms. The van der Waals surface area contributed by atoms with Gasteiger partial charge in [0.25, 0.3) is 0 Å². The molecule has 2 aromatic heterocycles. The van der Waals surface area contributed by atoms with Gasteiger partial charge in [0.2, 0.25) is 5.89 Å². The van der Waals surface area contributed by atoms with E-state index in [1.807, 2.05) is 0 Å². The van der Waals surface area contributed by atoms with Crippen LogP contribution in [0.15, 0.2) is 15.7 Å². The van der Waals surface area contributed by atoms with Crippen LogP contribution < -0.4 is 5.73 Å². The van der Waals surface area contributed by atoms with Crippen LogP contribution in [-0.4, -0.2) is 26.3 Å². The molecule has 0 saturated carbocycles. The van der Waals surface area contributed by atoms with Crippen molar-refractivity contribution < 1.29 is 17.7 Å². The van der Waals surface area contributed by atoms with E-state index >= 15 is 0 Å². The smallest absolute Gasteiger partial charge is 0.384 e. The van der Waals surface area contributed by atoms with Gasteiger partial charge < -0.3 is 10.3 Å². The zero-order valence-electron chi connectivity index (χ0n) is 10.3. The molecule has 0 aliphatic rings. The Balaban J connectivity index is 1.97. The Bertz CT molecular complexity index is 581. The summed E-state index contributed by atoms with van der Waals surface area (Å²) in [4.78, 5) is 11.7. The second-order valence-electron chi connectivity index (χ2n) is 3.90. The summed E-state index contributed by atoms with van der Waals surface area (Å²) in [5.74, 6) is 0.187. The molecule has 0 atom stereocenters. The number of nitrogen functional groups attached to an aromatic ring is 1. The second kappa shape index (κ2) is 5.65. The highest BCUT2D eigenvalue weighted by Crippen LogP contribution is 2.22. The highest BCUT2D eigenvalue weighted by atomic mass is 32.2. The number of nitrogens with two attached hydrogens (primary N) is 1. The van der Waals surface area contributed by atoms with E-state index in [0.717, 1.165) is 11.8 Å². The van der Waals surface area contributed by atoms with E-state index in [0.29, 0.717) is 16.7 Å². The van der Waals surface area contributed by atoms with Gasteiger partial charge in [-0.3, -0.25) is 0 Å². The molecule has 0 unspecified atom stereocenters. The number of anilines is 1. The number of thioether (sulfide) groups is 1. The predicted molar refractivity (Wildman–Crippen MR) is 64.8 cm³/mol. The molecule has 10 heteroatoms. The monoisotopic (exact) mass is 305 g/mol. The lowest BCUT2D eigenvalue weighted by Crippen LogP contribution is -2.12. The molecule has 6 nitrogen and oxygen atoms in total. The predicted octanol–water partition coefficient (Wildman–Crippen LogP) is 2.15. The second-order valence-corrected chi connectivity index (χ2v) is 4.84. The summed E-state index contributed by atoms with van der Waals surface area (Å²) >= 11 is 1.15. The first-order chi connectivity index (χ1) is 9.32. The van der Waals surface area contributed by atoms with E-state index in [1.165, 1.54) is 0 Å². The lowest BCUT2D eigenvalue weighted by molar-refractivity contribution is -0.128. The zero-order chi connectivity index (χ0) is 14.8. The lowest BCUT2D eigenvalue weighted by Gasteiger charge is -2.00. The third-order valence-electron chi connectivity index (χ3n) is 2.05. The number of hydrogen-bond acceptors (Lipinski definition) is 7. The average molecular weight is 305 g/mol. The Morgan fingerprint density at radius 1 is 1.30 bits per heavy atom. The van der Waals surface area contributed by atoms with Crippen molar-refractivity contribution in [1.82, 2.24) is 20.1 Å². The normalized spacial score (nSPS) is 11.8. The van der Waals surface area contributed by atoms with Crippen molar-refractivity contribution >= 4 is 17.6 Å². The minimum absolute atomic E-state index is 0.0814. The largest absolute Gasteiger partial charge is 0.396 e. The Morgan fingerprint density at radius 3 is 2.70 bits per heavy atom. The topological polar surface area (TPSA) is 90.7 Å². The van der Waals surface area contributed by atoms with Gasteiger partial charge in [0, 0.05) is 11.8 Å². The lowest BCUT2D eigenvalue weighted by atomic mass is 10.4. The van der Waals surface area contributed by atoms with E-state index in [-0.39, 0.29) is 11.6 Å². The van der Waals surface area contributed by atoms with Crippen molar-refractivity contribution in [3.63, 3.8) is 0 Å². The summed E-state index contributed by atoms with van der Waals surface area (Å²) in [5.41, 5.74) is 6.26. The number of halogens is 3. The number of rotatable bonds is 4. The fraction of sp³-hybridized carbons (Fsp3) is 0.400. The summed E-state index contributed by atoms with van der Waals surface area (Å²) in [6.45, 7) is 1.76. The molecule has 0 fully saturated rings. The Kier molecular flexibility index (Phi) is 4.12. The average Bonchev–Trinajstić information content (AvgIpc) is 2.70. The molecule has 2 aromatic rings. The maximum absolute atomic E-state index is 12.1. The van der Waals surface area contributed by atoms with Crippen LogP contribution >= 0.6 is 11.8 Å². The van der Waals surface area contributed by atoms with Gasteiger partial charge in [0.15, 0.2) is 11.0 Å². The third-order valence-corrected chi connectivity index (χ3v) is 2.88. The van der Waals surface area contributed by atoms with Crippen molar-refractivity contribution in [3.8, 4) is 0 Å². The zero-order valence-corrected chi connectivity index (χ0v) is 11.1. The van der Waals surface area contributed by atoms with Crippen LogP contribution in [-0.2, 0) is 12.2 Å². The maximum atomic E-state index is 12.1. The van der Waals surface area contributed by atoms with E-state index in [1.54, 1.807) is 13.0 Å². The fourth-order valence-corrected chi connectivity index (χ4v) is 2.10. The van der Waals surface area contributed by atoms with Crippen molar-refractivity contribution in [2.45, 2.75) is 30.4 Å². The molecule has 2 N–H and O–H groups in total. The SMILES string of the molecule is Cc1cc(N)nc(SCc2nc(CC(F)(F)F)no2)n1. The minimum atomic E-state index is -4.36. The van der Waals surface area contributed by atoms with E-state index in [4.69, 9.17) is 10.3 Å². The van der Waals surface area contributed by atoms with E-state index in [2.05, 4.69) is 20.1 Å². The molecule has 0 radical (unpaired) electrons. The molecule has 2 heterocycles. The molecular weight excluding hydrogens is 295 g/mol. The molecule has 2 rings (SSSR count). The number of aryl methyl sites for hydroxylation is 1. The van der Waals surface area contributed by atoms with Crippen LogP contribution in [0.5, 0.6) is 0 Å². The van der Waals surface area contributed by atoms with Gasteiger partial charge in [-0.1, -0.05) is 16.9 Å². The number of nitrogens with zero attached hydrogens (tertiary/aromatic N) is 4. The summed E-state index contributed by atoms with van der Waals surface area (Å²) in [6, 6.07) is 1.61. The number of hydrogen-bond donors (Lipinski definition) is 1. The Morgan fingerprint density at radius 2 is 2.05 bits per heavy atom. The summed E-state index contributed by atoms with van der Waals surface area (Å²) < 4.78 is 41.1. The molecule has 0 aliphatic heterocycles. The molecule has 20 heavy (non-hydrogen) atoms. The number of alkyl halides is 3. The van der Waals surface area contributed by atoms with Gasteiger partial charge in [-0.15, -0.1) is 0 Å². The molecule has 0 saturated heterocycles. The van der Waals surface area contributed by atoms with Crippen LogP contribution in [0.25, 0.3) is 0 Å². The van der Waals surface area contributed by atoms with Gasteiger partial charge in [0.05, 0.1) is 5.75 Å². The highest BCUT2D eigenvalue weighted by molar-refractivity contribution is 7.98. The van der Waals surface area contributed by atoms with Gasteiger partial charge in [-0.2, -0.15) is 18.2 Å². The molecular formula is C10H10F3N5OS. The van der Waals surface area contributed by atoms with Crippen molar-refractivity contribution in [1.29, 1.82) is 0 Å². The summed E-state index contributed by atoms with van der Waals surface area (Å²) in [5, 5.41) is 3.66. The van der Waals surface area contributed by atoms with Gasteiger partial charge in [0.1, 0.15) is 12.2 Å². The Labute approximate surface area is 116 Å². The first kappa shape index (κ1) is 14.6. The van der Waals surface area contributed by atoms with E-state index in [9.17, 15) is 13.2 Å². The summed E-state index contributed by atoms with van der Waals surface area (Å²) in [6.07, 6.45) is -5.57. The molecule has 0 aromatic carbocycles. The third kappa shape index (κ3) is 4.37. The van der Waals surface area contributed by atoms with E-state index < -0.39 is 18.4 Å². The standard InChI is InChI=1S/C10H10F3N5OS/c1-5-2-6(14)16-9(15-5)20-4-8-17-7(18-19-8)3-10(11,12)13/h2H,3-4H2,1H3,(H2,14,15,16). The summed E-state index contributed by atoms with van der Waals surface area (Å²) in [7, 11) is 0. The van der Waals surface area contributed by atoms with Crippen LogP contribution in [0.4, 0.5) is 19.0 Å². The first-order valence-corrected chi connectivity index (χ1v) is 6.42. The molecule has 0 bridgehead atoms. The number of aromatic nitrogens is 4. The first-order valence-electron chi connectivity index (χ1n) is 5.44. The van der Waals surface area contributed by atoms with Crippen LogP contribution in [0.1, 0.15) is 17.4 Å². The fourth-order valence-electron chi connectivity index (χ4n) is 1.36. The van der Waals surface area contributed by atoms with Crippen LogP contribution in [0.2, 0.25) is 0 Å². The van der Waals surface area contributed by atoms with Crippen LogP contribution in [0, 0.1) is 6.92 Å². The Hall–Kier alpha value is -1.84. The van der Waals surface area contributed by atoms with Crippen molar-refractivity contribution in [3.05, 3.63) is 23.5 Å². The highest BCUT2D eigenvalue weighted by Gasteiger charge is 2.30. The maximum Gasteiger partial charge on any atom is 0.396 e. The van der Waals surface area contributed by atoms with Gasteiger partial charge >= 0.3 is 6.18 Å². The molecule has 0 amide bonds. The molecule has 108 valence electrons. The molecule has 0 aliphatic carbocycles. The van der Waals surface area contributed by atoms with Crippen LogP contribution in [0.3, 0.4) is 0 Å². The van der Waals surface area contributed by atoms with Crippen molar-refractivity contribution in [2.75, 3.05) is 5.73 Å². The van der Waals surface area contributed by atoms with Gasteiger partial charge in [-0.05, 0) is 6.92 Å². The minimum Gasteiger partial charge on any atom is -0.384 e.